The number of halogens is 3. The quantitative estimate of drug-likeness (QED) is 0.327. The molecule has 2 amide bonds. The molecule has 202 valence electrons. The maximum atomic E-state index is 12.9. The van der Waals surface area contributed by atoms with Gasteiger partial charge in [-0.05, 0) is 68.7 Å². The Morgan fingerprint density at radius 3 is 2.42 bits per heavy atom. The molecule has 0 saturated heterocycles. The molecule has 2 aromatic carbocycles. The van der Waals surface area contributed by atoms with Crippen LogP contribution in [0.1, 0.15) is 67.9 Å². The van der Waals surface area contributed by atoms with Gasteiger partial charge in [-0.3, -0.25) is 4.79 Å². The van der Waals surface area contributed by atoms with Crippen molar-refractivity contribution in [1.29, 1.82) is 0 Å². The Labute approximate surface area is 217 Å². The second-order valence-corrected chi connectivity index (χ2v) is 9.36. The van der Waals surface area contributed by atoms with Gasteiger partial charge in [0.1, 0.15) is 11.5 Å². The van der Waals surface area contributed by atoms with E-state index in [9.17, 15) is 27.9 Å². The summed E-state index contributed by atoms with van der Waals surface area (Å²) in [6.07, 6.45) is 0.0301. The van der Waals surface area contributed by atoms with Crippen molar-refractivity contribution in [3.8, 4) is 22.8 Å². The van der Waals surface area contributed by atoms with E-state index in [1.54, 1.807) is 12.1 Å². The number of nitrogens with zero attached hydrogens (tertiary/aromatic N) is 2. The Kier molecular flexibility index (Phi) is 7.94. The second-order valence-electron chi connectivity index (χ2n) is 9.36. The van der Waals surface area contributed by atoms with Gasteiger partial charge >= 0.3 is 12.4 Å². The monoisotopic (exact) mass is 530 g/mol. The number of nitrogens with one attached hydrogen (secondary N) is 2. The van der Waals surface area contributed by atoms with Crippen LogP contribution in [0.4, 0.5) is 23.7 Å². The number of ether oxygens (including phenoxy) is 1. The summed E-state index contributed by atoms with van der Waals surface area (Å²) >= 11 is 0. The van der Waals surface area contributed by atoms with Crippen LogP contribution in [0.3, 0.4) is 0 Å². The summed E-state index contributed by atoms with van der Waals surface area (Å²) in [4.78, 5) is 25.5. The van der Waals surface area contributed by atoms with Crippen LogP contribution >= 0.6 is 0 Å². The number of amides is 2. The Morgan fingerprint density at radius 1 is 1.13 bits per heavy atom. The van der Waals surface area contributed by atoms with E-state index in [-0.39, 0.29) is 35.0 Å². The molecule has 38 heavy (non-hydrogen) atoms. The predicted octanol–water partition coefficient (Wildman–Crippen LogP) is 6.42. The first kappa shape index (κ1) is 27.0. The van der Waals surface area contributed by atoms with E-state index >= 15 is 0 Å². The minimum absolute atomic E-state index is 0.0174. The molecule has 0 bridgehead atoms. The molecule has 1 aliphatic rings. The molecule has 0 radical (unpaired) electrons. The highest BCUT2D eigenvalue weighted by Gasteiger charge is 2.31. The summed E-state index contributed by atoms with van der Waals surface area (Å²) in [5.41, 5.74) is 2.01. The summed E-state index contributed by atoms with van der Waals surface area (Å²) < 4.78 is 42.2. The van der Waals surface area contributed by atoms with Crippen molar-refractivity contribution in [1.82, 2.24) is 15.1 Å². The van der Waals surface area contributed by atoms with Gasteiger partial charge in [0.15, 0.2) is 0 Å². The number of phenols is 1. The fourth-order valence-electron chi connectivity index (χ4n) is 4.41. The van der Waals surface area contributed by atoms with E-state index in [4.69, 9.17) is 0 Å². The number of hydrogen-bond acceptors (Lipinski definition) is 5. The van der Waals surface area contributed by atoms with Gasteiger partial charge in [-0.1, -0.05) is 19.8 Å². The largest absolute Gasteiger partial charge is 0.573 e. The molecule has 3 aromatic rings. The first-order chi connectivity index (χ1) is 18.0. The summed E-state index contributed by atoms with van der Waals surface area (Å²) in [7, 11) is 0. The number of phenolic OH excluding ortho intramolecular Hbond substituents is 1. The van der Waals surface area contributed by atoms with Crippen molar-refractivity contribution >= 4 is 17.6 Å². The van der Waals surface area contributed by atoms with Gasteiger partial charge in [0.2, 0.25) is 0 Å². The maximum Gasteiger partial charge on any atom is 0.573 e. The highest BCUT2D eigenvalue weighted by atomic mass is 19.4. The van der Waals surface area contributed by atoms with Gasteiger partial charge in [0.05, 0.1) is 11.4 Å². The van der Waals surface area contributed by atoms with E-state index in [0.29, 0.717) is 11.3 Å². The molecule has 0 spiro atoms. The smallest absolute Gasteiger partial charge is 0.507 e. The second kappa shape index (κ2) is 11.2. The molecule has 1 atom stereocenters. The number of anilines is 1. The van der Waals surface area contributed by atoms with E-state index in [0.717, 1.165) is 49.9 Å². The van der Waals surface area contributed by atoms with Crippen molar-refractivity contribution in [3.05, 3.63) is 59.8 Å². The van der Waals surface area contributed by atoms with Gasteiger partial charge in [0.25, 0.3) is 5.91 Å². The number of benzene rings is 2. The molecule has 1 unspecified atom stereocenters. The van der Waals surface area contributed by atoms with Gasteiger partial charge in [-0.25, -0.2) is 4.79 Å². The Balaban J connectivity index is 1.53. The van der Waals surface area contributed by atoms with Crippen LogP contribution in [0.15, 0.2) is 48.5 Å². The molecule has 3 N–H and O–H groups in total. The lowest BCUT2D eigenvalue weighted by Gasteiger charge is -2.15. The average molecular weight is 531 g/mol. The van der Waals surface area contributed by atoms with Crippen LogP contribution in [0, 0.1) is 0 Å². The number of alkyl halides is 3. The first-order valence-electron chi connectivity index (χ1n) is 12.5. The molecule has 1 aromatic heterocycles. The highest BCUT2D eigenvalue weighted by Crippen LogP contribution is 2.38. The summed E-state index contributed by atoms with van der Waals surface area (Å²) in [6, 6.07) is 10.5. The van der Waals surface area contributed by atoms with Crippen molar-refractivity contribution in [2.24, 2.45) is 0 Å². The molecule has 1 heterocycles. The van der Waals surface area contributed by atoms with Crippen LogP contribution in [-0.4, -0.2) is 39.2 Å². The van der Waals surface area contributed by atoms with Gasteiger partial charge in [-0.2, -0.15) is 9.78 Å². The lowest BCUT2D eigenvalue weighted by molar-refractivity contribution is -0.274. The van der Waals surface area contributed by atoms with Crippen molar-refractivity contribution in [3.63, 3.8) is 0 Å². The molecule has 0 aliphatic heterocycles. The third-order valence-electron chi connectivity index (χ3n) is 6.57. The zero-order valence-electron chi connectivity index (χ0n) is 21.0. The third-order valence-corrected chi connectivity index (χ3v) is 6.57. The number of carbonyl (C=O) groups is 2. The van der Waals surface area contributed by atoms with Gasteiger partial charge in [0, 0.05) is 34.8 Å². The zero-order chi connectivity index (χ0) is 27.4. The van der Waals surface area contributed by atoms with Crippen molar-refractivity contribution in [2.75, 3.05) is 5.32 Å². The molecule has 8 nitrogen and oxygen atoms in total. The minimum atomic E-state index is -4.82. The predicted molar refractivity (Wildman–Crippen MR) is 135 cm³/mol. The standard InChI is InChI=1S/C27H29F3N4O4/c1-3-16(2)31-26(37)34-23(17-6-4-5-7-17)15-22(33-34)21-13-10-19(14-24(21)35)32-25(36)18-8-11-20(12-9-18)38-27(28,29)30/h8-17,35H,3-7H2,1-2H3,(H,31,37)(H,32,36). The van der Waals surface area contributed by atoms with E-state index in [2.05, 4.69) is 20.5 Å². The maximum absolute atomic E-state index is 12.9. The van der Waals surface area contributed by atoms with E-state index in [1.165, 1.54) is 22.9 Å². The van der Waals surface area contributed by atoms with E-state index < -0.39 is 18.0 Å². The molecule has 1 fully saturated rings. The minimum Gasteiger partial charge on any atom is -0.507 e. The third kappa shape index (κ3) is 6.45. The fourth-order valence-corrected chi connectivity index (χ4v) is 4.41. The number of aromatic nitrogens is 2. The first-order valence-corrected chi connectivity index (χ1v) is 12.5. The van der Waals surface area contributed by atoms with Gasteiger partial charge < -0.3 is 20.5 Å². The molecular weight excluding hydrogens is 501 g/mol. The topological polar surface area (TPSA) is 105 Å². The molecule has 1 aliphatic carbocycles. The van der Waals surface area contributed by atoms with Crippen LogP contribution in [0.2, 0.25) is 0 Å². The van der Waals surface area contributed by atoms with E-state index in [1.807, 2.05) is 19.9 Å². The Hall–Kier alpha value is -4.02. The van der Waals surface area contributed by atoms with Crippen LogP contribution in [0.5, 0.6) is 11.5 Å². The summed E-state index contributed by atoms with van der Waals surface area (Å²) in [5.74, 6) is -0.968. The molecule has 1 saturated carbocycles. The zero-order valence-corrected chi connectivity index (χ0v) is 21.0. The van der Waals surface area contributed by atoms with Crippen LogP contribution in [-0.2, 0) is 0 Å². The number of aromatic hydroxyl groups is 1. The molecule has 4 rings (SSSR count). The molecular formula is C27H29F3N4O4. The summed E-state index contributed by atoms with van der Waals surface area (Å²) in [5, 5.41) is 20.8. The van der Waals surface area contributed by atoms with Crippen molar-refractivity contribution < 1.29 is 32.6 Å². The number of rotatable bonds is 7. The van der Waals surface area contributed by atoms with Gasteiger partial charge in [-0.15, -0.1) is 13.2 Å². The summed E-state index contributed by atoms with van der Waals surface area (Å²) in [6.45, 7) is 3.90. The number of hydrogen-bond donors (Lipinski definition) is 3. The lowest BCUT2D eigenvalue weighted by atomic mass is 10.0. The highest BCUT2D eigenvalue weighted by molar-refractivity contribution is 6.04. The molecule has 11 heteroatoms. The Morgan fingerprint density at radius 2 is 1.82 bits per heavy atom. The number of carbonyl (C=O) groups excluding carboxylic acids is 2. The fraction of sp³-hybridized carbons (Fsp3) is 0.370. The van der Waals surface area contributed by atoms with Crippen LogP contribution in [0.25, 0.3) is 11.3 Å². The van der Waals surface area contributed by atoms with Crippen molar-refractivity contribution in [2.45, 2.75) is 64.3 Å². The Bertz CT molecular complexity index is 1300. The lowest BCUT2D eigenvalue weighted by Crippen LogP contribution is -2.37. The average Bonchev–Trinajstić information content (AvgIpc) is 3.54. The SMILES string of the molecule is CCC(C)NC(=O)n1nc(-c2ccc(NC(=O)c3ccc(OC(F)(F)F)cc3)cc2O)cc1C1CCCC1. The van der Waals surface area contributed by atoms with Crippen LogP contribution < -0.4 is 15.4 Å². The normalized spacial score (nSPS) is 14.8.